The smallest absolute Gasteiger partial charge is 0.150 e. The minimum absolute atomic E-state index is 0.108. The van der Waals surface area contributed by atoms with E-state index in [0.717, 1.165) is 0 Å². The predicted octanol–water partition coefficient (Wildman–Crippen LogP) is 2.60. The van der Waals surface area contributed by atoms with Gasteiger partial charge in [0.1, 0.15) is 15.7 Å². The van der Waals surface area contributed by atoms with E-state index in [1.165, 1.54) is 6.07 Å². The highest BCUT2D eigenvalue weighted by atomic mass is 32.2. The molecule has 1 unspecified atom stereocenters. The number of benzene rings is 1. The minimum atomic E-state index is -2.99. The fraction of sp³-hybridized carbons (Fsp3) is 0.571. The van der Waals surface area contributed by atoms with Gasteiger partial charge in [0, 0.05) is 16.9 Å². The molecule has 0 saturated heterocycles. The summed E-state index contributed by atoms with van der Waals surface area (Å²) in [5, 5.41) is 0. The van der Waals surface area contributed by atoms with E-state index in [1.807, 2.05) is 6.92 Å². The average Bonchev–Trinajstić information content (AvgIpc) is 2.39. The maximum absolute atomic E-state index is 13.8. The molecule has 19 heavy (non-hydrogen) atoms. The first-order valence-electron chi connectivity index (χ1n) is 6.59. The minimum Gasteiger partial charge on any atom is -0.321 e. The summed E-state index contributed by atoms with van der Waals surface area (Å²) in [6.07, 6.45) is 1.48. The van der Waals surface area contributed by atoms with Crippen LogP contribution in [0.5, 0.6) is 0 Å². The summed E-state index contributed by atoms with van der Waals surface area (Å²) in [5.41, 5.74) is 5.92. The Morgan fingerprint density at radius 3 is 2.42 bits per heavy atom. The number of hydrogen-bond donors (Lipinski definition) is 1. The van der Waals surface area contributed by atoms with Gasteiger partial charge in [0.2, 0.25) is 0 Å². The predicted molar refractivity (Wildman–Crippen MR) is 76.1 cm³/mol. The van der Waals surface area contributed by atoms with Crippen molar-refractivity contribution in [2.75, 3.05) is 11.5 Å². The summed E-state index contributed by atoms with van der Waals surface area (Å²) in [6, 6.07) is 6.43. The first-order valence-corrected chi connectivity index (χ1v) is 8.41. The van der Waals surface area contributed by atoms with E-state index in [4.69, 9.17) is 5.73 Å². The van der Waals surface area contributed by atoms with Crippen LogP contribution in [-0.4, -0.2) is 19.9 Å². The normalized spacial score (nSPS) is 15.2. The zero-order chi connectivity index (χ0) is 14.5. The molecule has 3 nitrogen and oxygen atoms in total. The maximum Gasteiger partial charge on any atom is 0.150 e. The van der Waals surface area contributed by atoms with Gasteiger partial charge in [-0.2, -0.15) is 0 Å². The second kappa shape index (κ2) is 6.48. The Kier molecular flexibility index (Phi) is 5.50. The highest BCUT2D eigenvalue weighted by molar-refractivity contribution is 7.91. The van der Waals surface area contributed by atoms with Crippen LogP contribution in [0.4, 0.5) is 4.39 Å². The van der Waals surface area contributed by atoms with Gasteiger partial charge in [0.25, 0.3) is 0 Å². The highest BCUT2D eigenvalue weighted by Crippen LogP contribution is 2.29. The molecule has 0 aliphatic heterocycles. The second-order valence-corrected chi connectivity index (χ2v) is 7.30. The molecule has 0 spiro atoms. The van der Waals surface area contributed by atoms with E-state index in [1.54, 1.807) is 25.1 Å². The monoisotopic (exact) mass is 287 g/mol. The van der Waals surface area contributed by atoms with Gasteiger partial charge in [-0.05, 0) is 25.3 Å². The molecule has 0 heterocycles. The lowest BCUT2D eigenvalue weighted by Crippen LogP contribution is -2.37. The molecule has 1 aromatic carbocycles. The van der Waals surface area contributed by atoms with Crippen LogP contribution in [-0.2, 0) is 15.4 Å². The van der Waals surface area contributed by atoms with Gasteiger partial charge in [-0.3, -0.25) is 0 Å². The Bertz CT molecular complexity index is 516. The van der Waals surface area contributed by atoms with Gasteiger partial charge in [-0.15, -0.1) is 0 Å². The Labute approximate surface area is 114 Å². The molecule has 1 rings (SSSR count). The molecule has 0 radical (unpaired) electrons. The molecule has 1 aromatic rings. The third-order valence-corrected chi connectivity index (χ3v) is 5.35. The molecule has 0 saturated carbocycles. The Hall–Kier alpha value is -0.940. The number of sulfone groups is 1. The SMILES string of the molecule is CCC(N)(CCCS(=O)(=O)CC)c1ccccc1F. The van der Waals surface area contributed by atoms with E-state index in [0.29, 0.717) is 24.8 Å². The quantitative estimate of drug-likeness (QED) is 0.838. The number of nitrogens with two attached hydrogens (primary N) is 1. The summed E-state index contributed by atoms with van der Waals surface area (Å²) in [7, 11) is -2.99. The van der Waals surface area contributed by atoms with Crippen molar-refractivity contribution >= 4 is 9.84 Å². The zero-order valence-electron chi connectivity index (χ0n) is 11.5. The number of hydrogen-bond acceptors (Lipinski definition) is 3. The second-order valence-electron chi connectivity index (χ2n) is 4.83. The molecule has 1 atom stereocenters. The maximum atomic E-state index is 13.8. The van der Waals surface area contributed by atoms with Gasteiger partial charge < -0.3 is 5.73 Å². The molecular weight excluding hydrogens is 265 g/mol. The molecule has 0 aliphatic rings. The van der Waals surface area contributed by atoms with Crippen molar-refractivity contribution in [3.05, 3.63) is 35.6 Å². The Balaban J connectivity index is 2.80. The van der Waals surface area contributed by atoms with E-state index in [9.17, 15) is 12.8 Å². The summed E-state index contributed by atoms with van der Waals surface area (Å²) in [5.74, 6) is -0.0852. The third-order valence-electron chi connectivity index (χ3n) is 3.56. The van der Waals surface area contributed by atoms with Gasteiger partial charge >= 0.3 is 0 Å². The van der Waals surface area contributed by atoms with Crippen LogP contribution in [0, 0.1) is 5.82 Å². The zero-order valence-corrected chi connectivity index (χ0v) is 12.3. The van der Waals surface area contributed by atoms with Crippen LogP contribution >= 0.6 is 0 Å². The van der Waals surface area contributed by atoms with E-state index >= 15 is 0 Å². The highest BCUT2D eigenvalue weighted by Gasteiger charge is 2.28. The van der Waals surface area contributed by atoms with Gasteiger partial charge in [0.15, 0.2) is 0 Å². The fourth-order valence-corrected chi connectivity index (χ4v) is 2.99. The standard InChI is InChI=1S/C14H22FNO2S/c1-3-14(16,10-7-11-19(17,18)4-2)12-8-5-6-9-13(12)15/h5-6,8-9H,3-4,7,10-11,16H2,1-2H3. The van der Waals surface area contributed by atoms with Crippen LogP contribution < -0.4 is 5.73 Å². The molecular formula is C14H22FNO2S. The van der Waals surface area contributed by atoms with Crippen LogP contribution in [0.15, 0.2) is 24.3 Å². The first kappa shape index (κ1) is 16.1. The number of rotatable bonds is 7. The van der Waals surface area contributed by atoms with E-state index < -0.39 is 15.4 Å². The van der Waals surface area contributed by atoms with Crippen LogP contribution in [0.3, 0.4) is 0 Å². The first-order chi connectivity index (χ1) is 8.84. The van der Waals surface area contributed by atoms with Gasteiger partial charge in [-0.25, -0.2) is 12.8 Å². The lowest BCUT2D eigenvalue weighted by Gasteiger charge is -2.29. The van der Waals surface area contributed by atoms with Gasteiger partial charge in [0.05, 0.1) is 5.75 Å². The van der Waals surface area contributed by atoms with E-state index in [-0.39, 0.29) is 17.3 Å². The van der Waals surface area contributed by atoms with Crippen molar-refractivity contribution in [1.29, 1.82) is 0 Å². The summed E-state index contributed by atoms with van der Waals surface area (Å²) in [4.78, 5) is 0. The van der Waals surface area contributed by atoms with Crippen molar-refractivity contribution in [2.45, 2.75) is 38.6 Å². The average molecular weight is 287 g/mol. The third kappa shape index (κ3) is 4.28. The summed E-state index contributed by atoms with van der Waals surface area (Å²) in [6.45, 7) is 3.52. The van der Waals surface area contributed by atoms with Crippen LogP contribution in [0.1, 0.15) is 38.7 Å². The van der Waals surface area contributed by atoms with Crippen molar-refractivity contribution in [3.63, 3.8) is 0 Å². The molecule has 0 aliphatic carbocycles. The molecule has 2 N–H and O–H groups in total. The Morgan fingerprint density at radius 1 is 1.26 bits per heavy atom. The van der Waals surface area contributed by atoms with Crippen molar-refractivity contribution in [3.8, 4) is 0 Å². The van der Waals surface area contributed by atoms with Crippen molar-refractivity contribution in [1.82, 2.24) is 0 Å². The lowest BCUT2D eigenvalue weighted by atomic mass is 9.84. The van der Waals surface area contributed by atoms with Crippen molar-refractivity contribution < 1.29 is 12.8 Å². The molecule has 0 bridgehead atoms. The summed E-state index contributed by atoms with van der Waals surface area (Å²) < 4.78 is 36.7. The topological polar surface area (TPSA) is 60.2 Å². The molecule has 0 aromatic heterocycles. The fourth-order valence-electron chi connectivity index (χ4n) is 2.12. The largest absolute Gasteiger partial charge is 0.321 e. The van der Waals surface area contributed by atoms with Gasteiger partial charge in [-0.1, -0.05) is 32.0 Å². The number of halogens is 1. The van der Waals surface area contributed by atoms with Crippen LogP contribution in [0.2, 0.25) is 0 Å². The van der Waals surface area contributed by atoms with Crippen LogP contribution in [0.25, 0.3) is 0 Å². The molecule has 5 heteroatoms. The molecule has 0 fully saturated rings. The Morgan fingerprint density at radius 2 is 1.89 bits per heavy atom. The van der Waals surface area contributed by atoms with Crippen molar-refractivity contribution in [2.24, 2.45) is 5.73 Å². The molecule has 0 amide bonds. The lowest BCUT2D eigenvalue weighted by molar-refractivity contribution is 0.372. The molecule has 108 valence electrons. The summed E-state index contributed by atoms with van der Waals surface area (Å²) >= 11 is 0. The van der Waals surface area contributed by atoms with E-state index in [2.05, 4.69) is 0 Å².